The molecule has 0 aliphatic rings. The Morgan fingerprint density at radius 2 is 2.14 bits per heavy atom. The summed E-state index contributed by atoms with van der Waals surface area (Å²) in [4.78, 5) is 5.27. The zero-order valence-corrected chi connectivity index (χ0v) is 8.03. The van der Waals surface area contributed by atoms with E-state index >= 15 is 0 Å². The molecule has 0 atom stereocenters. The average Bonchev–Trinajstić information content (AvgIpc) is 2.61. The molecule has 0 saturated heterocycles. The first kappa shape index (κ1) is 7.70. The summed E-state index contributed by atoms with van der Waals surface area (Å²) in [6.45, 7) is 0. The van der Waals surface area contributed by atoms with Gasteiger partial charge in [0.25, 0.3) is 12.2 Å². The molecule has 2 aromatic heterocycles. The molecule has 68 valence electrons. The van der Waals surface area contributed by atoms with E-state index in [2.05, 4.69) is 4.98 Å². The van der Waals surface area contributed by atoms with Gasteiger partial charge in [0.2, 0.25) is 4.83 Å². The molecule has 0 saturated carbocycles. The molecule has 0 unspecified atom stereocenters. The van der Waals surface area contributed by atoms with Crippen LogP contribution >= 0.6 is 11.3 Å². The Morgan fingerprint density at radius 1 is 1.29 bits per heavy atom. The Labute approximate surface area is 83.9 Å². The van der Waals surface area contributed by atoms with Gasteiger partial charge in [0.05, 0.1) is 10.8 Å². The highest BCUT2D eigenvalue weighted by atomic mass is 32.1. The third-order valence-electron chi connectivity index (χ3n) is 2.19. The van der Waals surface area contributed by atoms with Crippen LogP contribution in [-0.2, 0) is 0 Å². The lowest BCUT2D eigenvalue weighted by atomic mass is 10.2. The maximum Gasteiger partial charge on any atom is 0.297 e. The number of rotatable bonds is 0. The number of fused-ring (bicyclic) bond motifs is 3. The van der Waals surface area contributed by atoms with Gasteiger partial charge in [0.1, 0.15) is 0 Å². The highest BCUT2D eigenvalue weighted by Gasteiger charge is 2.12. The molecule has 0 spiro atoms. The summed E-state index contributed by atoms with van der Waals surface area (Å²) in [6.07, 6.45) is 1.64. The summed E-state index contributed by atoms with van der Waals surface area (Å²) in [5, 5.41) is 12.3. The van der Waals surface area contributed by atoms with E-state index in [1.54, 1.807) is 16.1 Å². The maximum atomic E-state index is 9.50. The molecular weight excluding hydrogens is 196 g/mol. The second kappa shape index (κ2) is 2.65. The number of thiazole rings is 1. The van der Waals surface area contributed by atoms with Crippen LogP contribution in [0.15, 0.2) is 36.0 Å². The number of benzene rings is 1. The van der Waals surface area contributed by atoms with E-state index < -0.39 is 0 Å². The second-order valence-corrected chi connectivity index (χ2v) is 3.89. The lowest BCUT2D eigenvalue weighted by Gasteiger charge is -1.90. The zero-order valence-electron chi connectivity index (χ0n) is 7.21. The van der Waals surface area contributed by atoms with E-state index in [9.17, 15) is 5.11 Å². The minimum atomic E-state index is 0.239. The summed E-state index contributed by atoms with van der Waals surface area (Å²) in [5.74, 6) is 0.239. The molecule has 4 heteroatoms. The molecule has 0 bridgehead atoms. The van der Waals surface area contributed by atoms with Crippen LogP contribution in [0.25, 0.3) is 15.7 Å². The summed E-state index contributed by atoms with van der Waals surface area (Å²) >= 11 is 1.52. The van der Waals surface area contributed by atoms with E-state index in [0.717, 1.165) is 15.7 Å². The Kier molecular flexibility index (Phi) is 1.46. The second-order valence-electron chi connectivity index (χ2n) is 3.03. The van der Waals surface area contributed by atoms with E-state index in [4.69, 9.17) is 0 Å². The molecule has 0 radical (unpaired) electrons. The maximum absolute atomic E-state index is 9.50. The average molecular weight is 203 g/mol. The van der Waals surface area contributed by atoms with Crippen LogP contribution in [0.4, 0.5) is 0 Å². The normalized spacial score (nSPS) is 11.1. The molecule has 3 nitrogen and oxygen atoms in total. The molecular formula is C10H7N2OS+. The first-order valence-corrected chi connectivity index (χ1v) is 5.10. The monoisotopic (exact) mass is 203 g/mol. The number of hydrogen-bond donors (Lipinski definition) is 1. The Morgan fingerprint density at radius 3 is 3.07 bits per heavy atom. The van der Waals surface area contributed by atoms with Crippen molar-refractivity contribution in [3.63, 3.8) is 0 Å². The van der Waals surface area contributed by atoms with Crippen molar-refractivity contribution in [1.82, 2.24) is 4.98 Å². The van der Waals surface area contributed by atoms with Gasteiger partial charge in [-0.05, 0) is 17.1 Å². The fourth-order valence-corrected chi connectivity index (χ4v) is 2.40. The quantitative estimate of drug-likeness (QED) is 0.565. The van der Waals surface area contributed by atoms with Crippen LogP contribution in [0.1, 0.15) is 0 Å². The summed E-state index contributed by atoms with van der Waals surface area (Å²) in [7, 11) is 0. The Hall–Kier alpha value is -1.68. The number of aromatic hydroxyl groups is 1. The van der Waals surface area contributed by atoms with Crippen molar-refractivity contribution in [2.75, 3.05) is 0 Å². The van der Waals surface area contributed by atoms with Crippen LogP contribution in [0.2, 0.25) is 0 Å². The highest BCUT2D eigenvalue weighted by molar-refractivity contribution is 7.16. The van der Waals surface area contributed by atoms with Gasteiger partial charge >= 0.3 is 0 Å². The number of hydrogen-bond acceptors (Lipinski definition) is 3. The van der Waals surface area contributed by atoms with Crippen LogP contribution < -0.4 is 4.40 Å². The van der Waals surface area contributed by atoms with Gasteiger partial charge in [-0.25, -0.2) is 0 Å². The van der Waals surface area contributed by atoms with Crippen molar-refractivity contribution in [2.24, 2.45) is 0 Å². The smallest absolute Gasteiger partial charge is 0.297 e. The van der Waals surface area contributed by atoms with Crippen LogP contribution in [0.3, 0.4) is 0 Å². The zero-order chi connectivity index (χ0) is 9.54. The fourth-order valence-electron chi connectivity index (χ4n) is 1.52. The van der Waals surface area contributed by atoms with E-state index in [0.29, 0.717) is 0 Å². The van der Waals surface area contributed by atoms with Crippen LogP contribution in [0, 0.1) is 0 Å². The lowest BCUT2D eigenvalue weighted by molar-refractivity contribution is -0.520. The van der Waals surface area contributed by atoms with Gasteiger partial charge in [-0.2, -0.15) is 4.40 Å². The lowest BCUT2D eigenvalue weighted by Crippen LogP contribution is -2.18. The van der Waals surface area contributed by atoms with Crippen LogP contribution in [-0.4, -0.2) is 10.1 Å². The molecule has 3 aromatic rings. The number of para-hydroxylation sites is 1. The van der Waals surface area contributed by atoms with Gasteiger partial charge in [0.15, 0.2) is 5.52 Å². The van der Waals surface area contributed by atoms with Crippen molar-refractivity contribution in [3.05, 3.63) is 36.0 Å². The van der Waals surface area contributed by atoms with E-state index in [-0.39, 0.29) is 5.88 Å². The first-order chi connectivity index (χ1) is 6.86. The van der Waals surface area contributed by atoms with E-state index in [1.165, 1.54) is 11.3 Å². The summed E-state index contributed by atoms with van der Waals surface area (Å²) < 4.78 is 1.69. The predicted molar refractivity (Wildman–Crippen MR) is 54.4 cm³/mol. The van der Waals surface area contributed by atoms with Crippen molar-refractivity contribution in [2.45, 2.75) is 0 Å². The van der Waals surface area contributed by atoms with Crippen molar-refractivity contribution in [3.8, 4) is 5.88 Å². The molecule has 0 aliphatic heterocycles. The third-order valence-corrected chi connectivity index (χ3v) is 3.16. The Bertz CT molecular complexity index is 618. The summed E-state index contributed by atoms with van der Waals surface area (Å²) in [5.41, 5.74) is 0.953. The van der Waals surface area contributed by atoms with Gasteiger partial charge in [-0.15, -0.1) is 0 Å². The molecule has 0 aliphatic carbocycles. The minimum Gasteiger partial charge on any atom is -0.477 e. The molecule has 2 heterocycles. The van der Waals surface area contributed by atoms with Crippen molar-refractivity contribution in [1.29, 1.82) is 0 Å². The van der Waals surface area contributed by atoms with Crippen molar-refractivity contribution < 1.29 is 9.51 Å². The standard InChI is InChI=1S/C10H6N2OS/c13-9-5-14-10-7-3-1-2-4-8(7)11-6-12(9)10/h1-6H/p+1. The SMILES string of the molecule is Oc1csc2c3ccccc3nc[n+]12. The first-order valence-electron chi connectivity index (χ1n) is 4.22. The highest BCUT2D eigenvalue weighted by Crippen LogP contribution is 2.21. The van der Waals surface area contributed by atoms with Gasteiger partial charge in [0, 0.05) is 0 Å². The largest absolute Gasteiger partial charge is 0.477 e. The molecule has 1 aromatic carbocycles. The number of nitrogens with zero attached hydrogens (tertiary/aromatic N) is 2. The van der Waals surface area contributed by atoms with Gasteiger partial charge in [-0.3, -0.25) is 0 Å². The third kappa shape index (κ3) is 0.914. The fraction of sp³-hybridized carbons (Fsp3) is 0. The van der Waals surface area contributed by atoms with Gasteiger partial charge in [-0.1, -0.05) is 23.5 Å². The topological polar surface area (TPSA) is 37.2 Å². The molecule has 14 heavy (non-hydrogen) atoms. The minimum absolute atomic E-state index is 0.239. The number of aromatic nitrogens is 2. The summed E-state index contributed by atoms with van der Waals surface area (Å²) in [6, 6.07) is 7.90. The molecule has 3 rings (SSSR count). The van der Waals surface area contributed by atoms with E-state index in [1.807, 2.05) is 24.3 Å². The predicted octanol–water partition coefficient (Wildman–Crippen LogP) is 1.74. The van der Waals surface area contributed by atoms with Gasteiger partial charge < -0.3 is 5.11 Å². The Balaban J connectivity index is 2.61. The molecule has 0 fully saturated rings. The van der Waals surface area contributed by atoms with Crippen LogP contribution in [0.5, 0.6) is 5.88 Å². The molecule has 1 N–H and O–H groups in total. The molecule has 0 amide bonds. The van der Waals surface area contributed by atoms with Crippen molar-refractivity contribution >= 4 is 27.1 Å².